The van der Waals surface area contributed by atoms with Crippen LogP contribution in [0, 0.1) is 10.1 Å². The van der Waals surface area contributed by atoms with E-state index in [0.29, 0.717) is 37.4 Å². The van der Waals surface area contributed by atoms with Gasteiger partial charge in [0, 0.05) is 24.7 Å². The number of carbonyl (C=O) groups excluding carboxylic acids is 1. The molecule has 0 bridgehead atoms. The van der Waals surface area contributed by atoms with Crippen LogP contribution in [-0.4, -0.2) is 49.1 Å². The van der Waals surface area contributed by atoms with E-state index in [9.17, 15) is 14.9 Å². The molecule has 0 saturated carbocycles. The average molecular weight is 306 g/mol. The number of ether oxygens (including phenoxy) is 2. The number of amides is 1. The lowest BCUT2D eigenvalue weighted by molar-refractivity contribution is -0.385. The molecule has 0 radical (unpaired) electrons. The van der Waals surface area contributed by atoms with Crippen molar-refractivity contribution >= 4 is 17.7 Å². The van der Waals surface area contributed by atoms with Gasteiger partial charge in [-0.15, -0.1) is 0 Å². The quantitative estimate of drug-likeness (QED) is 0.482. The first kappa shape index (κ1) is 16.0. The van der Waals surface area contributed by atoms with Crippen molar-refractivity contribution in [2.24, 2.45) is 0 Å². The first-order valence-electron chi connectivity index (χ1n) is 6.90. The van der Waals surface area contributed by atoms with E-state index in [1.165, 1.54) is 19.2 Å². The van der Waals surface area contributed by atoms with Crippen molar-refractivity contribution in [3.8, 4) is 5.75 Å². The molecule has 1 aromatic rings. The van der Waals surface area contributed by atoms with Crippen LogP contribution in [-0.2, 0) is 9.53 Å². The first-order valence-corrected chi connectivity index (χ1v) is 6.90. The Hall–Kier alpha value is -2.41. The summed E-state index contributed by atoms with van der Waals surface area (Å²) in [4.78, 5) is 24.5. The fourth-order valence-electron chi connectivity index (χ4n) is 2.27. The highest BCUT2D eigenvalue weighted by atomic mass is 16.6. The third-order valence-corrected chi connectivity index (χ3v) is 3.42. The fraction of sp³-hybridized carbons (Fsp3) is 0.400. The highest BCUT2D eigenvalue weighted by molar-refractivity contribution is 5.97. The predicted octanol–water partition coefficient (Wildman–Crippen LogP) is 1.87. The molecule has 1 fully saturated rings. The minimum absolute atomic E-state index is 0.0817. The molecule has 1 aliphatic rings. The number of nitrogens with zero attached hydrogens (tertiary/aromatic N) is 2. The van der Waals surface area contributed by atoms with Crippen LogP contribution in [0.15, 0.2) is 23.8 Å². The minimum Gasteiger partial charge on any atom is -0.490 e. The summed E-state index contributed by atoms with van der Waals surface area (Å²) in [7, 11) is 1.38. The lowest BCUT2D eigenvalue weighted by Gasteiger charge is -2.27. The molecule has 0 N–H and O–H groups in total. The van der Waals surface area contributed by atoms with Crippen LogP contribution in [0.4, 0.5) is 5.69 Å². The zero-order valence-electron chi connectivity index (χ0n) is 12.6. The standard InChI is InChI=1S/C15H18N2O5/c1-11(15(18)16-5-7-22-8-6-16)9-12-3-4-14(21-2)13(10-12)17(19)20/h3-4,9-10H,5-8H2,1-2H3/b11-9+. The van der Waals surface area contributed by atoms with Gasteiger partial charge in [0.05, 0.1) is 25.2 Å². The van der Waals surface area contributed by atoms with Gasteiger partial charge >= 0.3 is 5.69 Å². The van der Waals surface area contributed by atoms with Crippen LogP contribution in [0.1, 0.15) is 12.5 Å². The Balaban J connectivity index is 2.22. The van der Waals surface area contributed by atoms with E-state index < -0.39 is 4.92 Å². The molecule has 1 heterocycles. The van der Waals surface area contributed by atoms with Gasteiger partial charge in [-0.05, 0) is 24.6 Å². The lowest BCUT2D eigenvalue weighted by atomic mass is 10.1. The van der Waals surface area contributed by atoms with Gasteiger partial charge in [-0.2, -0.15) is 0 Å². The normalized spacial score (nSPS) is 15.5. The number of morpholine rings is 1. The van der Waals surface area contributed by atoms with Gasteiger partial charge in [-0.1, -0.05) is 6.07 Å². The molecule has 1 saturated heterocycles. The summed E-state index contributed by atoms with van der Waals surface area (Å²) in [5.74, 6) is 0.112. The number of nitro groups is 1. The van der Waals surface area contributed by atoms with Crippen molar-refractivity contribution in [1.29, 1.82) is 0 Å². The first-order chi connectivity index (χ1) is 10.5. The summed E-state index contributed by atoms with van der Waals surface area (Å²) in [5.41, 5.74) is 0.996. The maximum absolute atomic E-state index is 12.3. The Morgan fingerprint density at radius 1 is 1.41 bits per heavy atom. The second kappa shape index (κ2) is 7.04. The van der Waals surface area contributed by atoms with Crippen molar-refractivity contribution in [2.75, 3.05) is 33.4 Å². The Morgan fingerprint density at radius 2 is 2.09 bits per heavy atom. The number of carbonyl (C=O) groups is 1. The van der Waals surface area contributed by atoms with E-state index >= 15 is 0 Å². The monoisotopic (exact) mass is 306 g/mol. The molecule has 1 aliphatic heterocycles. The summed E-state index contributed by atoms with van der Waals surface area (Å²) in [6, 6.07) is 4.60. The number of rotatable bonds is 4. The molecule has 0 atom stereocenters. The Kier molecular flexibility index (Phi) is 5.11. The van der Waals surface area contributed by atoms with Crippen molar-refractivity contribution in [2.45, 2.75) is 6.92 Å². The van der Waals surface area contributed by atoms with Crippen molar-refractivity contribution in [3.63, 3.8) is 0 Å². The van der Waals surface area contributed by atoms with E-state index in [1.54, 1.807) is 24.0 Å². The van der Waals surface area contributed by atoms with Gasteiger partial charge in [0.2, 0.25) is 5.91 Å². The maximum Gasteiger partial charge on any atom is 0.311 e. The molecule has 7 nitrogen and oxygen atoms in total. The molecule has 2 rings (SSSR count). The number of benzene rings is 1. The SMILES string of the molecule is COc1ccc(/C=C(\C)C(=O)N2CCOCC2)cc1[N+](=O)[O-]. The van der Waals surface area contributed by atoms with E-state index in [1.807, 2.05) is 0 Å². The molecular weight excluding hydrogens is 288 g/mol. The maximum atomic E-state index is 12.3. The summed E-state index contributed by atoms with van der Waals surface area (Å²) < 4.78 is 10.2. The predicted molar refractivity (Wildman–Crippen MR) is 80.7 cm³/mol. The smallest absolute Gasteiger partial charge is 0.311 e. The summed E-state index contributed by atoms with van der Waals surface area (Å²) in [5, 5.41) is 11.0. The van der Waals surface area contributed by atoms with Crippen LogP contribution in [0.25, 0.3) is 6.08 Å². The highest BCUT2D eigenvalue weighted by Gasteiger charge is 2.19. The summed E-state index contributed by atoms with van der Waals surface area (Å²) >= 11 is 0. The van der Waals surface area contributed by atoms with Crippen LogP contribution >= 0.6 is 0 Å². The highest BCUT2D eigenvalue weighted by Crippen LogP contribution is 2.28. The zero-order chi connectivity index (χ0) is 16.1. The van der Waals surface area contributed by atoms with Gasteiger partial charge in [-0.3, -0.25) is 14.9 Å². The fourth-order valence-corrected chi connectivity index (χ4v) is 2.27. The molecular formula is C15H18N2O5. The number of methoxy groups -OCH3 is 1. The van der Waals surface area contributed by atoms with Gasteiger partial charge in [0.25, 0.3) is 0 Å². The molecule has 0 aromatic heterocycles. The molecule has 1 amide bonds. The van der Waals surface area contributed by atoms with Crippen LogP contribution < -0.4 is 4.74 Å². The van der Waals surface area contributed by atoms with Gasteiger partial charge in [-0.25, -0.2) is 0 Å². The molecule has 0 aliphatic carbocycles. The van der Waals surface area contributed by atoms with Gasteiger partial charge in [0.1, 0.15) is 0 Å². The van der Waals surface area contributed by atoms with Crippen molar-refractivity contribution in [1.82, 2.24) is 4.90 Å². The second-order valence-electron chi connectivity index (χ2n) is 4.92. The number of nitro benzene ring substituents is 1. The van der Waals surface area contributed by atoms with E-state index in [0.717, 1.165) is 0 Å². The Morgan fingerprint density at radius 3 is 2.68 bits per heavy atom. The molecule has 7 heteroatoms. The third kappa shape index (κ3) is 3.62. The van der Waals surface area contributed by atoms with Crippen molar-refractivity contribution < 1.29 is 19.2 Å². The zero-order valence-corrected chi connectivity index (χ0v) is 12.6. The summed E-state index contributed by atoms with van der Waals surface area (Å²) in [6.07, 6.45) is 1.64. The topological polar surface area (TPSA) is 81.9 Å². The number of hydrogen-bond donors (Lipinski definition) is 0. The van der Waals surface area contributed by atoms with Gasteiger partial charge in [0.15, 0.2) is 5.75 Å². The van der Waals surface area contributed by atoms with E-state index in [-0.39, 0.29) is 17.3 Å². The third-order valence-electron chi connectivity index (χ3n) is 3.42. The molecule has 118 valence electrons. The largest absolute Gasteiger partial charge is 0.490 e. The molecule has 0 unspecified atom stereocenters. The van der Waals surface area contributed by atoms with Crippen LogP contribution in [0.5, 0.6) is 5.75 Å². The van der Waals surface area contributed by atoms with Crippen LogP contribution in [0.3, 0.4) is 0 Å². The van der Waals surface area contributed by atoms with Crippen LogP contribution in [0.2, 0.25) is 0 Å². The number of hydrogen-bond acceptors (Lipinski definition) is 5. The molecule has 0 spiro atoms. The molecule has 22 heavy (non-hydrogen) atoms. The Labute approximate surface area is 128 Å². The molecule has 1 aromatic carbocycles. The lowest BCUT2D eigenvalue weighted by Crippen LogP contribution is -2.41. The minimum atomic E-state index is -0.505. The summed E-state index contributed by atoms with van der Waals surface area (Å²) in [6.45, 7) is 3.90. The average Bonchev–Trinajstić information content (AvgIpc) is 2.54. The Bertz CT molecular complexity index is 606. The van der Waals surface area contributed by atoms with E-state index in [4.69, 9.17) is 9.47 Å². The van der Waals surface area contributed by atoms with E-state index in [2.05, 4.69) is 0 Å². The second-order valence-corrected chi connectivity index (χ2v) is 4.92. The van der Waals surface area contributed by atoms with Crippen molar-refractivity contribution in [3.05, 3.63) is 39.4 Å². The van der Waals surface area contributed by atoms with Gasteiger partial charge < -0.3 is 14.4 Å².